The van der Waals surface area contributed by atoms with Gasteiger partial charge in [0.1, 0.15) is 12.4 Å². The quantitative estimate of drug-likeness (QED) is 0.830. The first-order valence-corrected chi connectivity index (χ1v) is 7.05. The number of nitrogens with one attached hydrogen (secondary N) is 1. The molecule has 1 fully saturated rings. The van der Waals surface area contributed by atoms with E-state index in [1.165, 1.54) is 0 Å². The van der Waals surface area contributed by atoms with Crippen molar-refractivity contribution in [2.24, 2.45) is 5.92 Å². The van der Waals surface area contributed by atoms with Crippen LogP contribution in [0.5, 0.6) is 5.75 Å². The van der Waals surface area contributed by atoms with Gasteiger partial charge in [-0.05, 0) is 25.5 Å². The van der Waals surface area contributed by atoms with Gasteiger partial charge in [0, 0.05) is 18.7 Å². The molecule has 0 bridgehead atoms. The highest BCUT2D eigenvalue weighted by atomic mass is 16.5. The van der Waals surface area contributed by atoms with Crippen molar-refractivity contribution in [1.29, 1.82) is 0 Å². The first-order valence-electron chi connectivity index (χ1n) is 7.05. The van der Waals surface area contributed by atoms with Gasteiger partial charge in [0.2, 0.25) is 5.91 Å². The number of rotatable bonds is 1. The van der Waals surface area contributed by atoms with E-state index in [1.54, 1.807) is 0 Å². The van der Waals surface area contributed by atoms with Crippen LogP contribution < -0.4 is 10.1 Å². The molecular weight excluding hydrogens is 240 g/mol. The number of carbonyl (C=O) groups excluding carboxylic acids is 1. The highest BCUT2D eigenvalue weighted by Gasteiger charge is 2.27. The Labute approximate surface area is 113 Å². The van der Waals surface area contributed by atoms with Crippen LogP contribution in [0.15, 0.2) is 24.3 Å². The Morgan fingerprint density at radius 3 is 3.11 bits per heavy atom. The minimum Gasteiger partial charge on any atom is -0.491 e. The molecule has 1 unspecified atom stereocenters. The van der Waals surface area contributed by atoms with Crippen LogP contribution in [0.25, 0.3) is 0 Å². The topological polar surface area (TPSA) is 41.6 Å². The van der Waals surface area contributed by atoms with Gasteiger partial charge in [-0.25, -0.2) is 0 Å². The fourth-order valence-corrected chi connectivity index (χ4v) is 2.83. The van der Waals surface area contributed by atoms with E-state index in [0.717, 1.165) is 37.2 Å². The Morgan fingerprint density at radius 1 is 1.37 bits per heavy atom. The van der Waals surface area contributed by atoms with Gasteiger partial charge < -0.3 is 15.0 Å². The summed E-state index contributed by atoms with van der Waals surface area (Å²) in [6, 6.07) is 7.99. The standard InChI is InChI=1S/C15H20N2O2/c18-15(12-5-3-7-16-10-12)17-8-9-19-14-6-2-1-4-13(14)11-17/h1-2,4,6,12,16H,3,5,7-11H2. The smallest absolute Gasteiger partial charge is 0.227 e. The molecule has 0 spiro atoms. The van der Waals surface area contributed by atoms with Crippen LogP contribution in [0, 0.1) is 5.92 Å². The van der Waals surface area contributed by atoms with E-state index < -0.39 is 0 Å². The van der Waals surface area contributed by atoms with Crippen molar-refractivity contribution in [3.05, 3.63) is 29.8 Å². The Balaban J connectivity index is 1.73. The molecule has 0 aromatic heterocycles. The largest absolute Gasteiger partial charge is 0.491 e. The Bertz CT molecular complexity index is 455. The second-order valence-electron chi connectivity index (χ2n) is 5.26. The predicted molar refractivity (Wildman–Crippen MR) is 72.9 cm³/mol. The Hall–Kier alpha value is -1.55. The summed E-state index contributed by atoms with van der Waals surface area (Å²) >= 11 is 0. The number of carbonyl (C=O) groups is 1. The number of nitrogens with zero attached hydrogens (tertiary/aromatic N) is 1. The number of amides is 1. The van der Waals surface area contributed by atoms with Gasteiger partial charge in [0.15, 0.2) is 0 Å². The number of ether oxygens (including phenoxy) is 1. The third-order valence-corrected chi connectivity index (χ3v) is 3.91. The fraction of sp³-hybridized carbons (Fsp3) is 0.533. The fourth-order valence-electron chi connectivity index (χ4n) is 2.83. The van der Waals surface area contributed by atoms with Crippen molar-refractivity contribution in [2.45, 2.75) is 19.4 Å². The van der Waals surface area contributed by atoms with Crippen LogP contribution in [0.2, 0.25) is 0 Å². The van der Waals surface area contributed by atoms with Crippen LogP contribution >= 0.6 is 0 Å². The first-order chi connectivity index (χ1) is 9.34. The molecule has 4 heteroatoms. The van der Waals surface area contributed by atoms with Crippen LogP contribution in [-0.2, 0) is 11.3 Å². The number of hydrogen-bond acceptors (Lipinski definition) is 3. The van der Waals surface area contributed by atoms with Gasteiger partial charge in [0.25, 0.3) is 0 Å². The average Bonchev–Trinajstić information content (AvgIpc) is 2.69. The molecule has 4 nitrogen and oxygen atoms in total. The van der Waals surface area contributed by atoms with E-state index in [1.807, 2.05) is 29.2 Å². The zero-order chi connectivity index (χ0) is 13.1. The van der Waals surface area contributed by atoms with Gasteiger partial charge in [-0.1, -0.05) is 18.2 Å². The second-order valence-corrected chi connectivity index (χ2v) is 5.26. The maximum absolute atomic E-state index is 12.5. The predicted octanol–water partition coefficient (Wildman–Crippen LogP) is 1.41. The summed E-state index contributed by atoms with van der Waals surface area (Å²) in [5, 5.41) is 3.31. The van der Waals surface area contributed by atoms with E-state index in [0.29, 0.717) is 19.7 Å². The molecule has 1 saturated heterocycles. The molecule has 1 N–H and O–H groups in total. The summed E-state index contributed by atoms with van der Waals surface area (Å²) in [6.07, 6.45) is 2.10. The van der Waals surface area contributed by atoms with E-state index >= 15 is 0 Å². The lowest BCUT2D eigenvalue weighted by Gasteiger charge is -2.28. The second kappa shape index (κ2) is 5.61. The Kier molecular flexibility index (Phi) is 3.69. The molecule has 0 radical (unpaired) electrons. The molecule has 1 atom stereocenters. The maximum atomic E-state index is 12.5. The Morgan fingerprint density at radius 2 is 2.26 bits per heavy atom. The van der Waals surface area contributed by atoms with Crippen LogP contribution in [0.4, 0.5) is 0 Å². The van der Waals surface area contributed by atoms with E-state index in [9.17, 15) is 4.79 Å². The van der Waals surface area contributed by atoms with E-state index in [2.05, 4.69) is 5.32 Å². The SMILES string of the molecule is O=C(C1CCCNC1)N1CCOc2ccccc2C1. The number of benzene rings is 1. The summed E-state index contributed by atoms with van der Waals surface area (Å²) in [5.41, 5.74) is 1.11. The number of piperidine rings is 1. The zero-order valence-electron chi connectivity index (χ0n) is 11.1. The molecule has 2 heterocycles. The van der Waals surface area contributed by atoms with Crippen molar-refractivity contribution in [3.8, 4) is 5.75 Å². The zero-order valence-corrected chi connectivity index (χ0v) is 11.1. The van der Waals surface area contributed by atoms with Gasteiger partial charge in [-0.3, -0.25) is 4.79 Å². The summed E-state index contributed by atoms with van der Waals surface area (Å²) in [4.78, 5) is 14.5. The van der Waals surface area contributed by atoms with Crippen molar-refractivity contribution in [1.82, 2.24) is 10.2 Å². The molecule has 19 heavy (non-hydrogen) atoms. The third kappa shape index (κ3) is 2.73. The number of fused-ring (bicyclic) bond motifs is 1. The molecule has 1 aromatic rings. The van der Waals surface area contributed by atoms with Gasteiger partial charge in [-0.2, -0.15) is 0 Å². The molecule has 2 aliphatic rings. The highest BCUT2D eigenvalue weighted by molar-refractivity contribution is 5.79. The summed E-state index contributed by atoms with van der Waals surface area (Å²) in [6.45, 7) is 3.80. The number of hydrogen-bond donors (Lipinski definition) is 1. The van der Waals surface area contributed by atoms with Crippen molar-refractivity contribution >= 4 is 5.91 Å². The third-order valence-electron chi connectivity index (χ3n) is 3.91. The van der Waals surface area contributed by atoms with Crippen LogP contribution in [-0.4, -0.2) is 37.0 Å². The van der Waals surface area contributed by atoms with Gasteiger partial charge >= 0.3 is 0 Å². The first kappa shape index (κ1) is 12.5. The monoisotopic (exact) mass is 260 g/mol. The summed E-state index contributed by atoms with van der Waals surface area (Å²) in [7, 11) is 0. The van der Waals surface area contributed by atoms with Crippen LogP contribution in [0.3, 0.4) is 0 Å². The molecule has 0 aliphatic carbocycles. The van der Waals surface area contributed by atoms with Gasteiger partial charge in [-0.15, -0.1) is 0 Å². The molecule has 2 aliphatic heterocycles. The lowest BCUT2D eigenvalue weighted by atomic mass is 9.98. The van der Waals surface area contributed by atoms with E-state index in [-0.39, 0.29) is 11.8 Å². The molecule has 3 rings (SSSR count). The molecular formula is C15H20N2O2. The maximum Gasteiger partial charge on any atom is 0.227 e. The molecule has 1 amide bonds. The van der Waals surface area contributed by atoms with Crippen molar-refractivity contribution in [3.63, 3.8) is 0 Å². The summed E-state index contributed by atoms with van der Waals surface area (Å²) in [5.74, 6) is 1.33. The molecule has 1 aromatic carbocycles. The molecule has 102 valence electrons. The minimum atomic E-state index is 0.138. The van der Waals surface area contributed by atoms with E-state index in [4.69, 9.17) is 4.74 Å². The average molecular weight is 260 g/mol. The minimum absolute atomic E-state index is 0.138. The number of para-hydroxylation sites is 1. The van der Waals surface area contributed by atoms with Crippen molar-refractivity contribution < 1.29 is 9.53 Å². The lowest BCUT2D eigenvalue weighted by molar-refractivity contribution is -0.136. The lowest BCUT2D eigenvalue weighted by Crippen LogP contribution is -2.43. The summed E-state index contributed by atoms with van der Waals surface area (Å²) < 4.78 is 5.71. The molecule has 0 saturated carbocycles. The highest BCUT2D eigenvalue weighted by Crippen LogP contribution is 2.24. The van der Waals surface area contributed by atoms with Crippen LogP contribution in [0.1, 0.15) is 18.4 Å². The van der Waals surface area contributed by atoms with Gasteiger partial charge in [0.05, 0.1) is 12.5 Å². The van der Waals surface area contributed by atoms with Crippen molar-refractivity contribution in [2.75, 3.05) is 26.2 Å². The normalized spacial score (nSPS) is 23.2.